The highest BCUT2D eigenvalue weighted by Gasteiger charge is 2.17. The number of fused-ring (bicyclic) bond motifs is 1. The second kappa shape index (κ2) is 8.55. The van der Waals surface area contributed by atoms with Crippen LogP contribution < -0.4 is 15.8 Å². The predicted octanol–water partition coefficient (Wildman–Crippen LogP) is 1.40. The minimum absolute atomic E-state index is 0.462. The lowest BCUT2D eigenvalue weighted by atomic mass is 10.1. The zero-order chi connectivity index (χ0) is 16.8. The number of nitrogens with one attached hydrogen (secondary N) is 1. The van der Waals surface area contributed by atoms with Crippen molar-refractivity contribution in [3.63, 3.8) is 0 Å². The number of halogens is 1. The van der Waals surface area contributed by atoms with Gasteiger partial charge in [0.25, 0.3) is 0 Å². The molecule has 7 heteroatoms. The predicted molar refractivity (Wildman–Crippen MR) is 95.9 cm³/mol. The van der Waals surface area contributed by atoms with Crippen molar-refractivity contribution in [1.82, 2.24) is 10.2 Å². The molecule has 3 N–H and O–H groups in total. The number of aliphatic imine (C=N–C) groups is 1. The van der Waals surface area contributed by atoms with Crippen LogP contribution in [0.3, 0.4) is 0 Å². The molecule has 24 heavy (non-hydrogen) atoms. The van der Waals surface area contributed by atoms with Crippen molar-refractivity contribution in [3.05, 3.63) is 28.3 Å². The highest BCUT2D eigenvalue weighted by atomic mass is 35.5. The number of ether oxygens (including phenoxy) is 2. The number of rotatable bonds is 6. The fourth-order valence-corrected chi connectivity index (χ4v) is 3.30. The second-order valence-corrected chi connectivity index (χ2v) is 6.52. The van der Waals surface area contributed by atoms with E-state index in [-0.39, 0.29) is 0 Å². The summed E-state index contributed by atoms with van der Waals surface area (Å²) in [6.45, 7) is 6.77. The van der Waals surface area contributed by atoms with Gasteiger partial charge in [-0.2, -0.15) is 0 Å². The third kappa shape index (κ3) is 4.75. The lowest BCUT2D eigenvalue weighted by Crippen LogP contribution is -2.39. The molecule has 0 aliphatic carbocycles. The van der Waals surface area contributed by atoms with Crippen molar-refractivity contribution in [3.8, 4) is 5.75 Å². The van der Waals surface area contributed by atoms with E-state index in [0.717, 1.165) is 74.1 Å². The van der Waals surface area contributed by atoms with Crippen LogP contribution in [0.25, 0.3) is 0 Å². The number of nitrogens with two attached hydrogens (primary N) is 1. The van der Waals surface area contributed by atoms with Gasteiger partial charge < -0.3 is 20.5 Å². The molecule has 1 saturated heterocycles. The van der Waals surface area contributed by atoms with Crippen molar-refractivity contribution < 1.29 is 9.47 Å². The number of hydrogen-bond acceptors (Lipinski definition) is 4. The Balaban J connectivity index is 1.43. The van der Waals surface area contributed by atoms with Crippen LogP contribution in [-0.4, -0.2) is 56.9 Å². The minimum Gasteiger partial charge on any atom is -0.493 e. The topological polar surface area (TPSA) is 72.1 Å². The van der Waals surface area contributed by atoms with Gasteiger partial charge in [-0.1, -0.05) is 11.6 Å². The van der Waals surface area contributed by atoms with Gasteiger partial charge in [-0.3, -0.25) is 4.90 Å². The quantitative estimate of drug-likeness (QED) is 0.460. The van der Waals surface area contributed by atoms with Gasteiger partial charge in [0.05, 0.1) is 26.4 Å². The molecule has 0 atom stereocenters. The Morgan fingerprint density at radius 2 is 2.12 bits per heavy atom. The summed E-state index contributed by atoms with van der Waals surface area (Å²) in [5.74, 6) is 1.38. The molecule has 2 heterocycles. The van der Waals surface area contributed by atoms with E-state index in [4.69, 9.17) is 26.8 Å². The maximum absolute atomic E-state index is 6.16. The van der Waals surface area contributed by atoms with Gasteiger partial charge in [0.2, 0.25) is 0 Å². The van der Waals surface area contributed by atoms with Crippen LogP contribution in [0.4, 0.5) is 0 Å². The lowest BCUT2D eigenvalue weighted by molar-refractivity contribution is 0.0376. The molecule has 0 bridgehead atoms. The van der Waals surface area contributed by atoms with E-state index in [0.29, 0.717) is 19.1 Å². The molecule has 3 rings (SSSR count). The van der Waals surface area contributed by atoms with Crippen molar-refractivity contribution in [1.29, 1.82) is 0 Å². The molecule has 1 aromatic carbocycles. The number of morpholine rings is 1. The zero-order valence-electron chi connectivity index (χ0n) is 13.9. The molecular formula is C17H25ClN4O2. The monoisotopic (exact) mass is 352 g/mol. The molecule has 2 aliphatic heterocycles. The first-order chi connectivity index (χ1) is 11.7. The standard InChI is InChI=1S/C17H25ClN4O2/c18-15-10-13-2-7-24-16(13)14(11-15)12-21-17(19)20-3-1-4-22-5-8-23-9-6-22/h10-11H,1-9,12H2,(H3,19,20,21). The zero-order valence-corrected chi connectivity index (χ0v) is 14.6. The van der Waals surface area contributed by atoms with E-state index in [1.165, 1.54) is 0 Å². The van der Waals surface area contributed by atoms with Gasteiger partial charge in [0.1, 0.15) is 5.75 Å². The molecule has 2 aliphatic rings. The Morgan fingerprint density at radius 3 is 2.96 bits per heavy atom. The largest absolute Gasteiger partial charge is 0.493 e. The van der Waals surface area contributed by atoms with Gasteiger partial charge >= 0.3 is 0 Å². The molecule has 1 fully saturated rings. The minimum atomic E-state index is 0.462. The number of benzene rings is 1. The molecule has 0 spiro atoms. The van der Waals surface area contributed by atoms with E-state index in [1.807, 2.05) is 12.1 Å². The third-order valence-electron chi connectivity index (χ3n) is 4.31. The Bertz CT molecular complexity index is 588. The summed E-state index contributed by atoms with van der Waals surface area (Å²) in [5.41, 5.74) is 8.11. The Morgan fingerprint density at radius 1 is 1.29 bits per heavy atom. The summed E-state index contributed by atoms with van der Waals surface area (Å²) in [4.78, 5) is 6.82. The summed E-state index contributed by atoms with van der Waals surface area (Å²) >= 11 is 6.16. The van der Waals surface area contributed by atoms with Crippen molar-refractivity contribution in [2.45, 2.75) is 19.4 Å². The van der Waals surface area contributed by atoms with E-state index in [9.17, 15) is 0 Å². The fraction of sp³-hybridized carbons (Fsp3) is 0.588. The second-order valence-electron chi connectivity index (χ2n) is 6.09. The van der Waals surface area contributed by atoms with E-state index < -0.39 is 0 Å². The average molecular weight is 353 g/mol. The van der Waals surface area contributed by atoms with Gasteiger partial charge in [-0.05, 0) is 30.7 Å². The summed E-state index contributed by atoms with van der Waals surface area (Å²) in [6.07, 6.45) is 1.94. The maximum atomic E-state index is 6.16. The van der Waals surface area contributed by atoms with Crippen LogP contribution in [0.5, 0.6) is 5.75 Å². The average Bonchev–Trinajstić information content (AvgIpc) is 3.06. The summed E-state index contributed by atoms with van der Waals surface area (Å²) in [5, 5.41) is 3.89. The smallest absolute Gasteiger partial charge is 0.188 e. The van der Waals surface area contributed by atoms with Gasteiger partial charge in [0.15, 0.2) is 5.96 Å². The summed E-state index contributed by atoms with van der Waals surface area (Å²) in [6, 6.07) is 3.87. The molecule has 1 aromatic rings. The third-order valence-corrected chi connectivity index (χ3v) is 4.52. The Hall–Kier alpha value is -1.50. The highest BCUT2D eigenvalue weighted by molar-refractivity contribution is 6.30. The van der Waals surface area contributed by atoms with Crippen LogP contribution in [0.2, 0.25) is 5.02 Å². The van der Waals surface area contributed by atoms with Crippen LogP contribution in [0.15, 0.2) is 17.1 Å². The molecule has 0 saturated carbocycles. The van der Waals surface area contributed by atoms with E-state index in [1.54, 1.807) is 0 Å². The maximum Gasteiger partial charge on any atom is 0.188 e. The van der Waals surface area contributed by atoms with Crippen molar-refractivity contribution in [2.75, 3.05) is 46.0 Å². The number of nitrogens with zero attached hydrogens (tertiary/aromatic N) is 2. The van der Waals surface area contributed by atoms with Crippen molar-refractivity contribution in [2.24, 2.45) is 10.7 Å². The first-order valence-corrected chi connectivity index (χ1v) is 8.88. The van der Waals surface area contributed by atoms with Gasteiger partial charge in [0, 0.05) is 36.6 Å². The first kappa shape index (κ1) is 17.3. The molecule has 0 unspecified atom stereocenters. The van der Waals surface area contributed by atoms with Gasteiger partial charge in [-0.15, -0.1) is 0 Å². The first-order valence-electron chi connectivity index (χ1n) is 8.50. The molecule has 132 valence electrons. The fourth-order valence-electron chi connectivity index (χ4n) is 3.03. The van der Waals surface area contributed by atoms with Crippen LogP contribution >= 0.6 is 11.6 Å². The molecule has 0 amide bonds. The van der Waals surface area contributed by atoms with Gasteiger partial charge in [-0.25, -0.2) is 4.99 Å². The van der Waals surface area contributed by atoms with Crippen LogP contribution in [-0.2, 0) is 17.7 Å². The SMILES string of the molecule is NC(=NCc1cc(Cl)cc2c1OCC2)NCCCN1CCOCC1. The Labute approximate surface area is 148 Å². The highest BCUT2D eigenvalue weighted by Crippen LogP contribution is 2.33. The van der Waals surface area contributed by atoms with E-state index >= 15 is 0 Å². The Kier molecular flexibility index (Phi) is 6.18. The molecule has 6 nitrogen and oxygen atoms in total. The number of guanidine groups is 1. The van der Waals surface area contributed by atoms with Crippen LogP contribution in [0, 0.1) is 0 Å². The van der Waals surface area contributed by atoms with Crippen molar-refractivity contribution >= 4 is 17.6 Å². The lowest BCUT2D eigenvalue weighted by Gasteiger charge is -2.26. The normalized spacial score (nSPS) is 18.3. The summed E-state index contributed by atoms with van der Waals surface area (Å²) < 4.78 is 11.0. The van der Waals surface area contributed by atoms with Crippen LogP contribution in [0.1, 0.15) is 17.5 Å². The molecule has 0 radical (unpaired) electrons. The van der Waals surface area contributed by atoms with E-state index in [2.05, 4.69) is 15.2 Å². The number of hydrogen-bond donors (Lipinski definition) is 2. The molecule has 0 aromatic heterocycles. The molecular weight excluding hydrogens is 328 g/mol. The summed E-state index contributed by atoms with van der Waals surface area (Å²) in [7, 11) is 0.